The van der Waals surface area contributed by atoms with Crippen LogP contribution in [-0.2, 0) is 13.2 Å². The van der Waals surface area contributed by atoms with Crippen molar-refractivity contribution in [1.82, 2.24) is 35.0 Å². The van der Waals surface area contributed by atoms with E-state index in [1.165, 1.54) is 30.2 Å². The van der Waals surface area contributed by atoms with E-state index in [1.807, 2.05) is 0 Å². The Morgan fingerprint density at radius 2 is 2.08 bits per heavy atom. The standard InChI is InChI=1S/C12H9F3N8O/c1-22-11(19-20-21-22)18-10(24)7-3-4-8(12(13,14)15)17-9(7)23-6-2-5-16-23/h2-6H,1H3,(H,18,19,21,24). The molecule has 0 aromatic carbocycles. The smallest absolute Gasteiger partial charge is 0.289 e. The number of nitrogens with zero attached hydrogens (tertiary/aromatic N) is 7. The number of hydrogen-bond acceptors (Lipinski definition) is 6. The minimum absolute atomic E-state index is 0.0336. The Balaban J connectivity index is 2.03. The molecule has 1 amide bonds. The molecule has 3 heterocycles. The van der Waals surface area contributed by atoms with Gasteiger partial charge in [-0.2, -0.15) is 18.3 Å². The van der Waals surface area contributed by atoms with Crippen LogP contribution >= 0.6 is 0 Å². The molecular weight excluding hydrogens is 329 g/mol. The third-order valence-electron chi connectivity index (χ3n) is 2.98. The van der Waals surface area contributed by atoms with Gasteiger partial charge in [0.1, 0.15) is 5.69 Å². The van der Waals surface area contributed by atoms with Gasteiger partial charge < -0.3 is 0 Å². The minimum atomic E-state index is -4.65. The van der Waals surface area contributed by atoms with Gasteiger partial charge in [-0.25, -0.2) is 14.3 Å². The Hall–Kier alpha value is -3.31. The van der Waals surface area contributed by atoms with Crippen molar-refractivity contribution in [3.63, 3.8) is 0 Å². The van der Waals surface area contributed by atoms with Crippen molar-refractivity contribution < 1.29 is 18.0 Å². The normalized spacial score (nSPS) is 11.5. The van der Waals surface area contributed by atoms with Crippen LogP contribution in [0.3, 0.4) is 0 Å². The molecule has 0 atom stereocenters. The summed E-state index contributed by atoms with van der Waals surface area (Å²) in [4.78, 5) is 15.9. The van der Waals surface area contributed by atoms with Crippen molar-refractivity contribution in [2.24, 2.45) is 7.05 Å². The predicted octanol–water partition coefficient (Wildman–Crippen LogP) is 1.06. The average molecular weight is 338 g/mol. The Kier molecular flexibility index (Phi) is 3.71. The van der Waals surface area contributed by atoms with Crippen LogP contribution in [0.25, 0.3) is 5.82 Å². The van der Waals surface area contributed by atoms with Gasteiger partial charge in [0.15, 0.2) is 5.82 Å². The highest BCUT2D eigenvalue weighted by atomic mass is 19.4. The highest BCUT2D eigenvalue weighted by molar-refractivity contribution is 6.05. The SMILES string of the molecule is Cn1nnnc1NC(=O)c1ccc(C(F)(F)F)nc1-n1cccn1. The molecule has 0 bridgehead atoms. The molecule has 0 aliphatic heterocycles. The maximum absolute atomic E-state index is 12.9. The first-order chi connectivity index (χ1) is 11.4. The molecule has 12 heteroatoms. The number of anilines is 1. The van der Waals surface area contributed by atoms with Gasteiger partial charge >= 0.3 is 6.18 Å². The number of carbonyl (C=O) groups is 1. The van der Waals surface area contributed by atoms with E-state index in [2.05, 4.69) is 30.9 Å². The molecule has 1 N–H and O–H groups in total. The number of carbonyl (C=O) groups excluding carboxylic acids is 1. The highest BCUT2D eigenvalue weighted by Crippen LogP contribution is 2.29. The van der Waals surface area contributed by atoms with Crippen molar-refractivity contribution in [2.45, 2.75) is 6.18 Å². The maximum atomic E-state index is 12.9. The summed E-state index contributed by atoms with van der Waals surface area (Å²) >= 11 is 0. The summed E-state index contributed by atoms with van der Waals surface area (Å²) in [6, 6.07) is 3.24. The van der Waals surface area contributed by atoms with Gasteiger partial charge in [0, 0.05) is 19.4 Å². The molecule has 0 fully saturated rings. The van der Waals surface area contributed by atoms with Crippen LogP contribution in [0.4, 0.5) is 19.1 Å². The van der Waals surface area contributed by atoms with E-state index in [0.29, 0.717) is 0 Å². The number of amides is 1. The van der Waals surface area contributed by atoms with E-state index < -0.39 is 17.8 Å². The fourth-order valence-electron chi connectivity index (χ4n) is 1.86. The van der Waals surface area contributed by atoms with Crippen LogP contribution in [0.2, 0.25) is 0 Å². The second-order valence-electron chi connectivity index (χ2n) is 4.60. The fraction of sp³-hybridized carbons (Fsp3) is 0.167. The lowest BCUT2D eigenvalue weighted by Crippen LogP contribution is -2.20. The molecular formula is C12H9F3N8O. The summed E-state index contributed by atoms with van der Waals surface area (Å²) in [6.45, 7) is 0. The number of aromatic nitrogens is 7. The van der Waals surface area contributed by atoms with Crippen LogP contribution in [0, 0.1) is 0 Å². The van der Waals surface area contributed by atoms with Crippen molar-refractivity contribution >= 4 is 11.9 Å². The zero-order chi connectivity index (χ0) is 17.3. The van der Waals surface area contributed by atoms with Crippen molar-refractivity contribution in [3.8, 4) is 5.82 Å². The lowest BCUT2D eigenvalue weighted by molar-refractivity contribution is -0.141. The zero-order valence-electron chi connectivity index (χ0n) is 12.1. The third-order valence-corrected chi connectivity index (χ3v) is 2.98. The molecule has 0 aliphatic rings. The van der Waals surface area contributed by atoms with Crippen LogP contribution < -0.4 is 5.32 Å². The molecule has 3 aromatic heterocycles. The van der Waals surface area contributed by atoms with Gasteiger partial charge in [-0.3, -0.25) is 10.1 Å². The maximum Gasteiger partial charge on any atom is 0.433 e. The number of nitrogens with one attached hydrogen (secondary N) is 1. The Morgan fingerprint density at radius 3 is 2.67 bits per heavy atom. The average Bonchev–Trinajstić information content (AvgIpc) is 3.18. The summed E-state index contributed by atoms with van der Waals surface area (Å²) in [5, 5.41) is 16.7. The highest BCUT2D eigenvalue weighted by Gasteiger charge is 2.34. The number of tetrazole rings is 1. The monoisotopic (exact) mass is 338 g/mol. The van der Waals surface area contributed by atoms with E-state index in [-0.39, 0.29) is 17.3 Å². The molecule has 0 saturated heterocycles. The summed E-state index contributed by atoms with van der Waals surface area (Å²) in [7, 11) is 1.50. The van der Waals surface area contributed by atoms with E-state index in [4.69, 9.17) is 0 Å². The largest absolute Gasteiger partial charge is 0.433 e. The van der Waals surface area contributed by atoms with Crippen LogP contribution in [0.1, 0.15) is 16.1 Å². The molecule has 3 rings (SSSR count). The summed E-state index contributed by atoms with van der Waals surface area (Å²) in [5.41, 5.74) is -1.25. The number of halogens is 3. The zero-order valence-corrected chi connectivity index (χ0v) is 12.1. The van der Waals surface area contributed by atoms with Gasteiger partial charge in [-0.15, -0.1) is 0 Å². The Morgan fingerprint density at radius 1 is 1.29 bits per heavy atom. The van der Waals surface area contributed by atoms with Crippen LogP contribution in [0.15, 0.2) is 30.6 Å². The number of hydrogen-bond donors (Lipinski definition) is 1. The minimum Gasteiger partial charge on any atom is -0.289 e. The molecule has 124 valence electrons. The Bertz CT molecular complexity index is 871. The molecule has 0 spiro atoms. The van der Waals surface area contributed by atoms with E-state index in [1.54, 1.807) is 0 Å². The van der Waals surface area contributed by atoms with Gasteiger partial charge in [0.2, 0.25) is 5.95 Å². The lowest BCUT2D eigenvalue weighted by Gasteiger charge is -2.12. The summed E-state index contributed by atoms with van der Waals surface area (Å²) in [5.74, 6) is -0.951. The number of rotatable bonds is 3. The second-order valence-corrected chi connectivity index (χ2v) is 4.60. The van der Waals surface area contributed by atoms with Gasteiger partial charge in [0.25, 0.3) is 5.91 Å². The molecule has 0 radical (unpaired) electrons. The first-order valence-electron chi connectivity index (χ1n) is 6.48. The molecule has 3 aromatic rings. The van der Waals surface area contributed by atoms with Crippen molar-refractivity contribution in [2.75, 3.05) is 5.32 Å². The van der Waals surface area contributed by atoms with Crippen molar-refractivity contribution in [1.29, 1.82) is 0 Å². The van der Waals surface area contributed by atoms with E-state index >= 15 is 0 Å². The van der Waals surface area contributed by atoms with Gasteiger partial charge in [0.05, 0.1) is 5.56 Å². The first-order valence-corrected chi connectivity index (χ1v) is 6.48. The van der Waals surface area contributed by atoms with Crippen LogP contribution in [0.5, 0.6) is 0 Å². The Labute approximate surface area is 132 Å². The predicted molar refractivity (Wildman–Crippen MR) is 73.1 cm³/mol. The summed E-state index contributed by atoms with van der Waals surface area (Å²) < 4.78 is 40.9. The fourth-order valence-corrected chi connectivity index (χ4v) is 1.86. The lowest BCUT2D eigenvalue weighted by atomic mass is 10.2. The molecule has 9 nitrogen and oxygen atoms in total. The second kappa shape index (κ2) is 5.72. The number of alkyl halides is 3. The molecule has 24 heavy (non-hydrogen) atoms. The topological polar surface area (TPSA) is 103 Å². The molecule has 0 unspecified atom stereocenters. The first kappa shape index (κ1) is 15.6. The number of pyridine rings is 1. The van der Waals surface area contributed by atoms with Gasteiger partial charge in [-0.1, -0.05) is 5.10 Å². The van der Waals surface area contributed by atoms with E-state index in [9.17, 15) is 18.0 Å². The molecule has 0 saturated carbocycles. The third kappa shape index (κ3) is 2.93. The molecule has 0 aliphatic carbocycles. The number of aryl methyl sites for hydroxylation is 1. The summed E-state index contributed by atoms with van der Waals surface area (Å²) in [6.07, 6.45) is -1.91. The van der Waals surface area contributed by atoms with E-state index in [0.717, 1.165) is 16.8 Å². The van der Waals surface area contributed by atoms with Gasteiger partial charge in [-0.05, 0) is 28.6 Å². The van der Waals surface area contributed by atoms with Crippen LogP contribution in [-0.4, -0.2) is 40.9 Å². The quantitative estimate of drug-likeness (QED) is 0.766. The van der Waals surface area contributed by atoms with Crippen molar-refractivity contribution in [3.05, 3.63) is 41.9 Å².